The van der Waals surface area contributed by atoms with E-state index in [1.54, 1.807) is 0 Å². The fourth-order valence-electron chi connectivity index (χ4n) is 0.809. The van der Waals surface area contributed by atoms with Crippen molar-refractivity contribution in [3.05, 3.63) is 17.6 Å². The first-order valence-electron chi connectivity index (χ1n) is 3.45. The van der Waals surface area contributed by atoms with Gasteiger partial charge < -0.3 is 10.5 Å². The summed E-state index contributed by atoms with van der Waals surface area (Å²) in [5, 5.41) is 8.38. The van der Waals surface area contributed by atoms with Crippen molar-refractivity contribution >= 4 is 5.82 Å². The van der Waals surface area contributed by atoms with E-state index >= 15 is 0 Å². The van der Waals surface area contributed by atoms with Crippen LogP contribution in [0.15, 0.2) is 6.07 Å². The minimum Gasteiger partial charge on any atom is -0.399 e. The van der Waals surface area contributed by atoms with Gasteiger partial charge in [0.05, 0.1) is 0 Å². The average molecular weight is 221 g/mol. The van der Waals surface area contributed by atoms with E-state index in [0.29, 0.717) is 6.07 Å². The second-order valence-corrected chi connectivity index (χ2v) is 2.37. The Hall–Kier alpha value is -2.04. The zero-order valence-corrected chi connectivity index (χ0v) is 6.97. The van der Waals surface area contributed by atoms with Crippen LogP contribution in [0.4, 0.5) is 23.4 Å². The van der Waals surface area contributed by atoms with E-state index < -0.39 is 29.4 Å². The van der Waals surface area contributed by atoms with Crippen LogP contribution in [0.5, 0.6) is 5.75 Å². The van der Waals surface area contributed by atoms with Gasteiger partial charge in [-0.15, -0.1) is 13.2 Å². The number of alkyl halides is 3. The molecule has 0 saturated carbocycles. The first-order valence-corrected chi connectivity index (χ1v) is 3.45. The third-order valence-corrected chi connectivity index (χ3v) is 1.27. The predicted octanol–water partition coefficient (Wildman–Crippen LogP) is 1.57. The molecule has 0 spiro atoms. The summed E-state index contributed by atoms with van der Waals surface area (Å²) in [4.78, 5) is 3.19. The Morgan fingerprint density at radius 3 is 2.53 bits per heavy atom. The zero-order chi connectivity index (χ0) is 11.6. The molecule has 0 aliphatic heterocycles. The number of nitriles is 1. The van der Waals surface area contributed by atoms with E-state index in [1.165, 1.54) is 6.07 Å². The number of anilines is 1. The number of nitrogen functional groups attached to an aromatic ring is 1. The highest BCUT2D eigenvalue weighted by Gasteiger charge is 2.34. The van der Waals surface area contributed by atoms with Gasteiger partial charge in [-0.25, -0.2) is 9.37 Å². The highest BCUT2D eigenvalue weighted by molar-refractivity contribution is 5.45. The molecule has 80 valence electrons. The molecule has 1 rings (SSSR count). The standard InChI is InChI=1S/C7H3F4N3O/c8-3-1-5(13)14-4(2-12)6(3)15-7(9,10)11/h1H,(H2,13,14). The van der Waals surface area contributed by atoms with Gasteiger partial charge in [-0.05, 0) is 0 Å². The van der Waals surface area contributed by atoms with Gasteiger partial charge in [0.1, 0.15) is 11.9 Å². The van der Waals surface area contributed by atoms with Crippen LogP contribution in [0.25, 0.3) is 0 Å². The van der Waals surface area contributed by atoms with Gasteiger partial charge in [0.2, 0.25) is 5.75 Å². The highest BCUT2D eigenvalue weighted by atomic mass is 19.4. The summed E-state index contributed by atoms with van der Waals surface area (Å²) >= 11 is 0. The lowest BCUT2D eigenvalue weighted by atomic mass is 10.3. The first-order chi connectivity index (χ1) is 6.83. The van der Waals surface area contributed by atoms with E-state index in [-0.39, 0.29) is 0 Å². The fourth-order valence-corrected chi connectivity index (χ4v) is 0.809. The number of nitrogens with two attached hydrogens (primary N) is 1. The predicted molar refractivity (Wildman–Crippen MR) is 40.0 cm³/mol. The molecular weight excluding hydrogens is 218 g/mol. The molecule has 8 heteroatoms. The van der Waals surface area contributed by atoms with Crippen LogP contribution in [-0.2, 0) is 0 Å². The van der Waals surface area contributed by atoms with Crippen molar-refractivity contribution < 1.29 is 22.3 Å². The van der Waals surface area contributed by atoms with E-state index in [0.717, 1.165) is 0 Å². The normalized spacial score (nSPS) is 10.9. The van der Waals surface area contributed by atoms with Crippen LogP contribution in [0.2, 0.25) is 0 Å². The third-order valence-electron chi connectivity index (χ3n) is 1.27. The molecule has 0 saturated heterocycles. The molecule has 0 amide bonds. The van der Waals surface area contributed by atoms with Crippen LogP contribution in [0, 0.1) is 17.1 Å². The van der Waals surface area contributed by atoms with Crippen LogP contribution < -0.4 is 10.5 Å². The molecule has 0 aliphatic rings. The average Bonchev–Trinajstić information content (AvgIpc) is 2.07. The van der Waals surface area contributed by atoms with Crippen molar-refractivity contribution in [1.82, 2.24) is 4.98 Å². The number of hydrogen-bond acceptors (Lipinski definition) is 4. The fraction of sp³-hybridized carbons (Fsp3) is 0.143. The molecular formula is C7H3F4N3O. The molecule has 1 aromatic rings. The van der Waals surface area contributed by atoms with Crippen molar-refractivity contribution in [2.24, 2.45) is 0 Å². The minimum atomic E-state index is -5.09. The van der Waals surface area contributed by atoms with Crippen molar-refractivity contribution in [3.63, 3.8) is 0 Å². The Morgan fingerprint density at radius 2 is 2.07 bits per heavy atom. The maximum Gasteiger partial charge on any atom is 0.573 e. The molecule has 0 aromatic carbocycles. The molecule has 0 aliphatic carbocycles. The van der Waals surface area contributed by atoms with Crippen molar-refractivity contribution in [1.29, 1.82) is 5.26 Å². The molecule has 1 aromatic heterocycles. The van der Waals surface area contributed by atoms with Gasteiger partial charge in [-0.1, -0.05) is 0 Å². The van der Waals surface area contributed by atoms with Gasteiger partial charge in [-0.2, -0.15) is 5.26 Å². The maximum absolute atomic E-state index is 12.9. The molecule has 0 radical (unpaired) electrons. The Balaban J connectivity index is 3.23. The van der Waals surface area contributed by atoms with E-state index in [1.807, 2.05) is 0 Å². The van der Waals surface area contributed by atoms with Crippen molar-refractivity contribution in [2.45, 2.75) is 6.36 Å². The summed E-state index contributed by atoms with van der Waals surface area (Å²) in [7, 11) is 0. The van der Waals surface area contributed by atoms with Gasteiger partial charge in [-0.3, -0.25) is 0 Å². The number of ether oxygens (including phenoxy) is 1. The molecule has 2 N–H and O–H groups in total. The Morgan fingerprint density at radius 1 is 1.47 bits per heavy atom. The van der Waals surface area contributed by atoms with E-state index in [2.05, 4.69) is 9.72 Å². The Labute approximate surface area is 80.9 Å². The van der Waals surface area contributed by atoms with Gasteiger partial charge in [0.15, 0.2) is 11.5 Å². The van der Waals surface area contributed by atoms with Crippen molar-refractivity contribution in [3.8, 4) is 11.8 Å². The quantitative estimate of drug-likeness (QED) is 0.730. The smallest absolute Gasteiger partial charge is 0.399 e. The lowest BCUT2D eigenvalue weighted by Crippen LogP contribution is -2.19. The molecule has 1 heterocycles. The largest absolute Gasteiger partial charge is 0.573 e. The molecule has 0 bridgehead atoms. The number of hydrogen-bond donors (Lipinski definition) is 1. The van der Waals surface area contributed by atoms with Gasteiger partial charge in [0, 0.05) is 6.07 Å². The summed E-state index contributed by atoms with van der Waals surface area (Å²) in [5.41, 5.74) is 4.17. The number of pyridine rings is 1. The van der Waals surface area contributed by atoms with Crippen LogP contribution >= 0.6 is 0 Å². The van der Waals surface area contributed by atoms with Crippen LogP contribution in [0.3, 0.4) is 0 Å². The zero-order valence-electron chi connectivity index (χ0n) is 6.97. The number of halogens is 4. The molecule has 15 heavy (non-hydrogen) atoms. The summed E-state index contributed by atoms with van der Waals surface area (Å²) in [6.07, 6.45) is -5.09. The minimum absolute atomic E-state index is 0.404. The topological polar surface area (TPSA) is 71.9 Å². The summed E-state index contributed by atoms with van der Waals surface area (Å²) in [6, 6.07) is 1.77. The molecule has 4 nitrogen and oxygen atoms in total. The highest BCUT2D eigenvalue weighted by Crippen LogP contribution is 2.28. The lowest BCUT2D eigenvalue weighted by Gasteiger charge is -2.10. The van der Waals surface area contributed by atoms with E-state index in [9.17, 15) is 17.6 Å². The SMILES string of the molecule is N#Cc1nc(N)cc(F)c1OC(F)(F)F. The molecule has 0 unspecified atom stereocenters. The lowest BCUT2D eigenvalue weighted by molar-refractivity contribution is -0.275. The molecule has 0 atom stereocenters. The second kappa shape index (κ2) is 3.61. The van der Waals surface area contributed by atoms with E-state index in [4.69, 9.17) is 11.0 Å². The first kappa shape index (κ1) is 11.0. The van der Waals surface area contributed by atoms with Crippen LogP contribution in [-0.4, -0.2) is 11.3 Å². The summed E-state index contributed by atoms with van der Waals surface area (Å²) in [6.45, 7) is 0. The number of nitrogens with zero attached hydrogens (tertiary/aromatic N) is 2. The van der Waals surface area contributed by atoms with Gasteiger partial charge >= 0.3 is 6.36 Å². The number of aromatic nitrogens is 1. The van der Waals surface area contributed by atoms with Crippen LogP contribution in [0.1, 0.15) is 5.69 Å². The number of rotatable bonds is 1. The Bertz CT molecular complexity index is 423. The summed E-state index contributed by atoms with van der Waals surface area (Å²) < 4.78 is 51.6. The Kier molecular flexibility index (Phi) is 2.65. The maximum atomic E-state index is 12.9. The van der Waals surface area contributed by atoms with Crippen molar-refractivity contribution in [2.75, 3.05) is 5.73 Å². The monoisotopic (exact) mass is 221 g/mol. The molecule has 0 fully saturated rings. The third kappa shape index (κ3) is 2.70. The second-order valence-electron chi connectivity index (χ2n) is 2.37. The summed E-state index contributed by atoms with van der Waals surface area (Å²) in [5.74, 6) is -3.07. The van der Waals surface area contributed by atoms with Gasteiger partial charge in [0.25, 0.3) is 0 Å².